The molecule has 168 valence electrons. The fraction of sp³-hybridized carbons (Fsp3) is 0.760. The maximum absolute atomic E-state index is 6.20. The molecule has 0 aromatic heterocycles. The van der Waals surface area contributed by atoms with Crippen LogP contribution in [0.15, 0.2) is 24.3 Å². The van der Waals surface area contributed by atoms with E-state index in [1.807, 2.05) is 6.07 Å². The van der Waals surface area contributed by atoms with E-state index in [0.29, 0.717) is 0 Å². The van der Waals surface area contributed by atoms with Crippen molar-refractivity contribution in [3.8, 4) is 0 Å². The Labute approximate surface area is 189 Å². The molecular formula is C25H41ClN4. The van der Waals surface area contributed by atoms with Crippen molar-refractivity contribution in [1.29, 1.82) is 0 Å². The monoisotopic (exact) mass is 432 g/mol. The Morgan fingerprint density at radius 1 is 0.933 bits per heavy atom. The second-order valence-electron chi connectivity index (χ2n) is 9.80. The van der Waals surface area contributed by atoms with Crippen molar-refractivity contribution in [3.05, 3.63) is 29.3 Å². The molecule has 0 radical (unpaired) electrons. The Kier molecular flexibility index (Phi) is 7.96. The lowest BCUT2D eigenvalue weighted by Crippen LogP contribution is -2.50. The first-order valence-corrected chi connectivity index (χ1v) is 12.7. The van der Waals surface area contributed by atoms with E-state index in [1.54, 1.807) is 0 Å². The molecule has 4 nitrogen and oxygen atoms in total. The van der Waals surface area contributed by atoms with E-state index < -0.39 is 0 Å². The molecule has 0 unspecified atom stereocenters. The van der Waals surface area contributed by atoms with Gasteiger partial charge in [0, 0.05) is 42.4 Å². The first kappa shape index (κ1) is 22.4. The summed E-state index contributed by atoms with van der Waals surface area (Å²) in [6, 6.07) is 9.94. The normalized spacial score (nSPS) is 24.1. The molecule has 0 bridgehead atoms. The molecular weight excluding hydrogens is 392 g/mol. The van der Waals surface area contributed by atoms with E-state index in [-0.39, 0.29) is 0 Å². The number of rotatable bonds is 6. The summed E-state index contributed by atoms with van der Waals surface area (Å²) in [7, 11) is 2.27. The lowest BCUT2D eigenvalue weighted by atomic mass is 9.92. The molecule has 3 saturated heterocycles. The molecule has 0 amide bonds. The number of benzene rings is 1. The average Bonchev–Trinajstić information content (AvgIpc) is 2.79. The molecule has 5 heteroatoms. The van der Waals surface area contributed by atoms with E-state index in [0.717, 1.165) is 36.1 Å². The molecule has 1 aromatic carbocycles. The van der Waals surface area contributed by atoms with Crippen molar-refractivity contribution in [3.63, 3.8) is 0 Å². The van der Waals surface area contributed by atoms with Crippen LogP contribution >= 0.6 is 11.6 Å². The molecule has 0 N–H and O–H groups in total. The van der Waals surface area contributed by atoms with Crippen LogP contribution in [0.3, 0.4) is 0 Å². The van der Waals surface area contributed by atoms with Gasteiger partial charge in [0.05, 0.1) is 0 Å². The van der Waals surface area contributed by atoms with Gasteiger partial charge in [-0.1, -0.05) is 24.6 Å². The van der Waals surface area contributed by atoms with Crippen LogP contribution in [0.25, 0.3) is 0 Å². The zero-order chi connectivity index (χ0) is 20.9. The second-order valence-corrected chi connectivity index (χ2v) is 10.2. The molecule has 3 fully saturated rings. The van der Waals surface area contributed by atoms with Crippen LogP contribution in [0.1, 0.15) is 45.4 Å². The standard InChI is InChI=1S/C25H41ClN4/c1-3-28(23-11-17-30(18-12-23)25-6-4-5-22(26)19-25)20-21-7-15-29(16-8-21)24-9-13-27(2)14-10-24/h4-6,19,21,23-24H,3,7-18,20H2,1-2H3. The van der Waals surface area contributed by atoms with E-state index in [4.69, 9.17) is 11.6 Å². The number of nitrogens with zero attached hydrogens (tertiary/aromatic N) is 4. The predicted molar refractivity (Wildman–Crippen MR) is 129 cm³/mol. The van der Waals surface area contributed by atoms with Gasteiger partial charge in [0.1, 0.15) is 0 Å². The second kappa shape index (κ2) is 10.7. The lowest BCUT2D eigenvalue weighted by Gasteiger charge is -2.44. The third-order valence-corrected chi connectivity index (χ3v) is 8.14. The number of anilines is 1. The van der Waals surface area contributed by atoms with Crippen LogP contribution in [0.5, 0.6) is 0 Å². The van der Waals surface area contributed by atoms with Gasteiger partial charge in [0.2, 0.25) is 0 Å². The summed E-state index contributed by atoms with van der Waals surface area (Å²) in [6.07, 6.45) is 8.07. The van der Waals surface area contributed by atoms with Crippen molar-refractivity contribution in [1.82, 2.24) is 14.7 Å². The molecule has 3 aliphatic rings. The minimum absolute atomic E-state index is 0.748. The molecule has 4 rings (SSSR count). The Hall–Kier alpha value is -0.810. The first-order valence-electron chi connectivity index (χ1n) is 12.3. The summed E-state index contributed by atoms with van der Waals surface area (Å²) in [6.45, 7) is 12.4. The maximum atomic E-state index is 6.20. The molecule has 3 heterocycles. The molecule has 1 aromatic rings. The van der Waals surface area contributed by atoms with E-state index in [9.17, 15) is 0 Å². The largest absolute Gasteiger partial charge is 0.371 e. The van der Waals surface area contributed by atoms with Gasteiger partial charge >= 0.3 is 0 Å². The van der Waals surface area contributed by atoms with Gasteiger partial charge in [0.15, 0.2) is 0 Å². The smallest absolute Gasteiger partial charge is 0.0426 e. The number of hydrogen-bond acceptors (Lipinski definition) is 4. The fourth-order valence-corrected chi connectivity index (χ4v) is 6.08. The predicted octanol–water partition coefficient (Wildman–Crippen LogP) is 4.44. The highest BCUT2D eigenvalue weighted by Crippen LogP contribution is 2.28. The van der Waals surface area contributed by atoms with Crippen LogP contribution in [0.2, 0.25) is 5.02 Å². The minimum atomic E-state index is 0.748. The van der Waals surface area contributed by atoms with Crippen molar-refractivity contribution in [2.75, 3.05) is 64.3 Å². The highest BCUT2D eigenvalue weighted by Gasteiger charge is 2.30. The quantitative estimate of drug-likeness (QED) is 0.658. The van der Waals surface area contributed by atoms with Gasteiger partial charge in [-0.2, -0.15) is 0 Å². The van der Waals surface area contributed by atoms with E-state index >= 15 is 0 Å². The molecule has 0 spiro atoms. The summed E-state index contributed by atoms with van der Waals surface area (Å²) < 4.78 is 0. The van der Waals surface area contributed by atoms with Gasteiger partial charge < -0.3 is 19.6 Å². The van der Waals surface area contributed by atoms with E-state index in [2.05, 4.69) is 51.8 Å². The maximum Gasteiger partial charge on any atom is 0.0426 e. The SMILES string of the molecule is CCN(CC1CCN(C2CCN(C)CC2)CC1)C1CCN(c2cccc(Cl)c2)CC1. The van der Waals surface area contributed by atoms with Gasteiger partial charge in [-0.15, -0.1) is 0 Å². The Morgan fingerprint density at radius 2 is 1.63 bits per heavy atom. The minimum Gasteiger partial charge on any atom is -0.371 e. The van der Waals surface area contributed by atoms with Crippen LogP contribution in [-0.4, -0.2) is 86.2 Å². The van der Waals surface area contributed by atoms with Crippen molar-refractivity contribution in [2.24, 2.45) is 5.92 Å². The summed E-state index contributed by atoms with van der Waals surface area (Å²) in [5.41, 5.74) is 1.28. The Balaban J connectivity index is 1.22. The Morgan fingerprint density at radius 3 is 2.27 bits per heavy atom. The van der Waals surface area contributed by atoms with Crippen molar-refractivity contribution in [2.45, 2.75) is 57.5 Å². The molecule has 30 heavy (non-hydrogen) atoms. The third kappa shape index (κ3) is 5.70. The number of halogens is 1. The zero-order valence-corrected chi connectivity index (χ0v) is 19.9. The number of hydrogen-bond donors (Lipinski definition) is 0. The van der Waals surface area contributed by atoms with Gasteiger partial charge in [-0.25, -0.2) is 0 Å². The van der Waals surface area contributed by atoms with Gasteiger partial charge in [-0.05, 0) is 102 Å². The van der Waals surface area contributed by atoms with Crippen LogP contribution < -0.4 is 4.90 Å². The van der Waals surface area contributed by atoms with Crippen LogP contribution in [0.4, 0.5) is 5.69 Å². The summed E-state index contributed by atoms with van der Waals surface area (Å²) in [5.74, 6) is 0.887. The summed E-state index contributed by atoms with van der Waals surface area (Å²) >= 11 is 6.20. The molecule has 0 saturated carbocycles. The van der Waals surface area contributed by atoms with Gasteiger partial charge in [0.25, 0.3) is 0 Å². The van der Waals surface area contributed by atoms with Crippen molar-refractivity contribution >= 4 is 17.3 Å². The Bertz CT molecular complexity index is 644. The highest BCUT2D eigenvalue weighted by molar-refractivity contribution is 6.30. The zero-order valence-electron chi connectivity index (χ0n) is 19.1. The number of likely N-dealkylation sites (tertiary alicyclic amines) is 2. The average molecular weight is 433 g/mol. The first-order chi connectivity index (χ1) is 14.6. The van der Waals surface area contributed by atoms with Crippen LogP contribution in [0, 0.1) is 5.92 Å². The van der Waals surface area contributed by atoms with Crippen molar-refractivity contribution < 1.29 is 0 Å². The molecule has 3 aliphatic heterocycles. The van der Waals surface area contributed by atoms with Crippen LogP contribution in [-0.2, 0) is 0 Å². The van der Waals surface area contributed by atoms with Gasteiger partial charge in [-0.3, -0.25) is 0 Å². The lowest BCUT2D eigenvalue weighted by molar-refractivity contribution is 0.0661. The summed E-state index contributed by atoms with van der Waals surface area (Å²) in [4.78, 5) is 10.6. The fourth-order valence-electron chi connectivity index (χ4n) is 5.89. The van der Waals surface area contributed by atoms with E-state index in [1.165, 1.54) is 83.5 Å². The topological polar surface area (TPSA) is 13.0 Å². The molecule has 0 aliphatic carbocycles. The summed E-state index contributed by atoms with van der Waals surface area (Å²) in [5, 5.41) is 0.844. The highest BCUT2D eigenvalue weighted by atomic mass is 35.5. The molecule has 0 atom stereocenters. The number of piperidine rings is 3. The third-order valence-electron chi connectivity index (χ3n) is 7.91.